The lowest BCUT2D eigenvalue weighted by atomic mass is 9.94. The Morgan fingerprint density at radius 2 is 1.79 bits per heavy atom. The summed E-state index contributed by atoms with van der Waals surface area (Å²) in [6, 6.07) is 16.7. The average molecular weight is 540 g/mol. The van der Waals surface area contributed by atoms with Gasteiger partial charge in [0.25, 0.3) is 15.8 Å². The number of hydrogen-bond donors (Lipinski definition) is 0. The van der Waals surface area contributed by atoms with Crippen LogP contribution in [0.25, 0.3) is 21.2 Å². The number of carbonyl (C=O) groups excluding carboxylic acids is 1. The van der Waals surface area contributed by atoms with Crippen LogP contribution in [0.4, 0.5) is 10.5 Å². The maximum absolute atomic E-state index is 13.1. The van der Waals surface area contributed by atoms with Gasteiger partial charge in [0.05, 0.1) is 30.4 Å². The summed E-state index contributed by atoms with van der Waals surface area (Å²) in [5.74, 6) is 0. The Labute approximate surface area is 218 Å². The number of non-ortho nitro benzene ring substituents is 1. The Kier molecular flexibility index (Phi) is 8.10. The highest BCUT2D eigenvalue weighted by molar-refractivity contribution is 7.86. The number of fused-ring (bicyclic) bond motifs is 1. The normalized spacial score (nSPS) is 17.2. The summed E-state index contributed by atoms with van der Waals surface area (Å²) in [5, 5.41) is 16.4. The van der Waals surface area contributed by atoms with Crippen LogP contribution in [0.1, 0.15) is 23.1 Å². The minimum absolute atomic E-state index is 0.0315. The zero-order chi connectivity index (χ0) is 27.3. The molecule has 1 aliphatic rings. The monoisotopic (exact) mass is 539 g/mol. The van der Waals surface area contributed by atoms with Gasteiger partial charge in [0.1, 0.15) is 6.61 Å². The first-order valence-electron chi connectivity index (χ1n) is 11.7. The standard InChI is InChI=1S/C25H25N5O7S/c1-38(34,35)37-22-13-21(12-18-8-9-19(14-27-28-26)24-5-3-2-4-23(18)24)29(15-22)25(31)36-16-17-6-10-20(11-7-17)30(32)33/h2-11,21-22H,12-16H2,1H3/t21-,22-/m1/s1. The second-order valence-corrected chi connectivity index (χ2v) is 10.6. The fourth-order valence-corrected chi connectivity index (χ4v) is 5.28. The summed E-state index contributed by atoms with van der Waals surface area (Å²) in [5.41, 5.74) is 11.0. The van der Waals surface area contributed by atoms with Gasteiger partial charge in [-0.25, -0.2) is 4.79 Å². The largest absolute Gasteiger partial charge is 0.445 e. The average Bonchev–Trinajstić information content (AvgIpc) is 3.27. The summed E-state index contributed by atoms with van der Waals surface area (Å²) in [6.45, 7) is 0.129. The summed E-state index contributed by atoms with van der Waals surface area (Å²) >= 11 is 0. The van der Waals surface area contributed by atoms with Gasteiger partial charge in [0.2, 0.25) is 0 Å². The van der Waals surface area contributed by atoms with Gasteiger partial charge in [-0.15, -0.1) is 0 Å². The molecule has 3 aromatic rings. The zero-order valence-corrected chi connectivity index (χ0v) is 21.3. The van der Waals surface area contributed by atoms with Crippen molar-refractivity contribution in [3.63, 3.8) is 0 Å². The Morgan fingerprint density at radius 1 is 1.13 bits per heavy atom. The molecule has 2 atom stereocenters. The number of nitro benzene ring substituents is 1. The van der Waals surface area contributed by atoms with Gasteiger partial charge in [-0.3, -0.25) is 14.3 Å². The van der Waals surface area contributed by atoms with E-state index in [9.17, 15) is 23.3 Å². The minimum Gasteiger partial charge on any atom is -0.445 e. The molecule has 3 aromatic carbocycles. The van der Waals surface area contributed by atoms with E-state index in [2.05, 4.69) is 10.0 Å². The molecule has 4 rings (SSSR count). The number of ether oxygens (including phenoxy) is 1. The second-order valence-electron chi connectivity index (χ2n) is 8.96. The molecule has 0 radical (unpaired) electrons. The lowest BCUT2D eigenvalue weighted by Crippen LogP contribution is -2.37. The van der Waals surface area contributed by atoms with Gasteiger partial charge in [-0.2, -0.15) is 8.42 Å². The molecule has 0 saturated carbocycles. The number of azide groups is 1. The molecule has 1 heterocycles. The molecule has 198 valence electrons. The molecule has 0 spiro atoms. The van der Waals surface area contributed by atoms with Crippen LogP contribution in [0.2, 0.25) is 0 Å². The van der Waals surface area contributed by atoms with Crippen molar-refractivity contribution in [2.75, 3.05) is 12.8 Å². The van der Waals surface area contributed by atoms with Crippen molar-refractivity contribution in [1.29, 1.82) is 0 Å². The van der Waals surface area contributed by atoms with Crippen LogP contribution >= 0.6 is 0 Å². The van der Waals surface area contributed by atoms with Gasteiger partial charge in [-0.1, -0.05) is 41.5 Å². The van der Waals surface area contributed by atoms with Crippen molar-refractivity contribution >= 4 is 32.7 Å². The van der Waals surface area contributed by atoms with E-state index < -0.39 is 33.3 Å². The van der Waals surface area contributed by atoms with Crippen LogP contribution in [0.3, 0.4) is 0 Å². The SMILES string of the molecule is CS(=O)(=O)O[C@@H]1C[C@@H](Cc2ccc(CN=[N+]=[N-])c3ccccc23)N(C(=O)OCc2ccc([N+](=O)[O-])cc2)C1. The van der Waals surface area contributed by atoms with Gasteiger partial charge in [0.15, 0.2) is 0 Å². The van der Waals surface area contributed by atoms with Crippen LogP contribution in [0, 0.1) is 10.1 Å². The number of nitrogens with zero attached hydrogens (tertiary/aromatic N) is 5. The summed E-state index contributed by atoms with van der Waals surface area (Å²) < 4.78 is 34.2. The van der Waals surface area contributed by atoms with E-state index in [1.807, 2.05) is 36.4 Å². The molecule has 0 unspecified atom stereocenters. The highest BCUT2D eigenvalue weighted by Crippen LogP contribution is 2.30. The smallest absolute Gasteiger partial charge is 0.410 e. The highest BCUT2D eigenvalue weighted by Gasteiger charge is 2.38. The second kappa shape index (κ2) is 11.5. The maximum Gasteiger partial charge on any atom is 0.410 e. The number of benzene rings is 3. The van der Waals surface area contributed by atoms with E-state index >= 15 is 0 Å². The zero-order valence-electron chi connectivity index (χ0n) is 20.5. The van der Waals surface area contributed by atoms with E-state index in [0.29, 0.717) is 12.0 Å². The Balaban J connectivity index is 1.55. The van der Waals surface area contributed by atoms with Crippen molar-refractivity contribution in [2.24, 2.45) is 5.11 Å². The van der Waals surface area contributed by atoms with Crippen LogP contribution in [-0.2, 0) is 38.6 Å². The van der Waals surface area contributed by atoms with Crippen molar-refractivity contribution in [3.8, 4) is 0 Å². The van der Waals surface area contributed by atoms with E-state index in [4.69, 9.17) is 14.5 Å². The molecular weight excluding hydrogens is 514 g/mol. The van der Waals surface area contributed by atoms with E-state index in [0.717, 1.165) is 28.2 Å². The molecule has 1 amide bonds. The van der Waals surface area contributed by atoms with Crippen molar-refractivity contribution < 1.29 is 27.1 Å². The number of likely N-dealkylation sites (tertiary alicyclic amines) is 1. The van der Waals surface area contributed by atoms with Crippen molar-refractivity contribution in [1.82, 2.24) is 4.90 Å². The van der Waals surface area contributed by atoms with E-state index in [1.165, 1.54) is 29.2 Å². The minimum atomic E-state index is -3.74. The lowest BCUT2D eigenvalue weighted by Gasteiger charge is -2.24. The van der Waals surface area contributed by atoms with Crippen molar-refractivity contribution in [3.05, 3.63) is 97.9 Å². The number of amides is 1. The van der Waals surface area contributed by atoms with Gasteiger partial charge < -0.3 is 9.64 Å². The topological polar surface area (TPSA) is 165 Å². The molecule has 0 aromatic heterocycles. The quantitative estimate of drug-likeness (QED) is 0.0935. The molecule has 38 heavy (non-hydrogen) atoms. The van der Waals surface area contributed by atoms with Crippen molar-refractivity contribution in [2.45, 2.75) is 38.1 Å². The Bertz CT molecular complexity index is 1500. The number of nitro groups is 1. The summed E-state index contributed by atoms with van der Waals surface area (Å²) in [6.07, 6.45) is 0.301. The van der Waals surface area contributed by atoms with E-state index in [-0.39, 0.29) is 31.8 Å². The maximum atomic E-state index is 13.1. The molecular formula is C25H25N5O7S. The third-order valence-corrected chi connectivity index (χ3v) is 6.92. The number of hydrogen-bond acceptors (Lipinski definition) is 8. The Hall–Kier alpha value is -4.19. The number of carbonyl (C=O) groups is 1. The van der Waals surface area contributed by atoms with Crippen LogP contribution in [0.5, 0.6) is 0 Å². The number of rotatable bonds is 9. The van der Waals surface area contributed by atoms with Crippen LogP contribution < -0.4 is 0 Å². The van der Waals surface area contributed by atoms with Crippen LogP contribution in [-0.4, -0.2) is 49.3 Å². The predicted octanol–water partition coefficient (Wildman–Crippen LogP) is 4.86. The fourth-order valence-electron chi connectivity index (χ4n) is 4.65. The van der Waals surface area contributed by atoms with Gasteiger partial charge in [0, 0.05) is 23.1 Å². The predicted molar refractivity (Wildman–Crippen MR) is 139 cm³/mol. The lowest BCUT2D eigenvalue weighted by molar-refractivity contribution is -0.384. The van der Waals surface area contributed by atoms with Gasteiger partial charge in [-0.05, 0) is 58.0 Å². The molecule has 13 heteroatoms. The first kappa shape index (κ1) is 26.9. The molecule has 0 N–H and O–H groups in total. The van der Waals surface area contributed by atoms with Gasteiger partial charge >= 0.3 is 6.09 Å². The highest BCUT2D eigenvalue weighted by atomic mass is 32.2. The third kappa shape index (κ3) is 6.57. The molecule has 1 aliphatic heterocycles. The Morgan fingerprint density at radius 3 is 2.42 bits per heavy atom. The molecule has 12 nitrogen and oxygen atoms in total. The molecule has 1 fully saturated rings. The first-order valence-corrected chi connectivity index (χ1v) is 13.5. The third-order valence-electron chi connectivity index (χ3n) is 6.30. The molecule has 0 aliphatic carbocycles. The molecule has 1 saturated heterocycles. The fraction of sp³-hybridized carbons (Fsp3) is 0.320. The summed E-state index contributed by atoms with van der Waals surface area (Å²) in [7, 11) is -3.74. The van der Waals surface area contributed by atoms with E-state index in [1.54, 1.807) is 0 Å². The molecule has 0 bridgehead atoms. The van der Waals surface area contributed by atoms with Crippen LogP contribution in [0.15, 0.2) is 65.8 Å². The summed E-state index contributed by atoms with van der Waals surface area (Å²) in [4.78, 5) is 27.7. The first-order chi connectivity index (χ1) is 18.1.